The molecule has 2 aromatic rings. The van der Waals surface area contributed by atoms with Gasteiger partial charge in [-0.05, 0) is 38.3 Å². The highest BCUT2D eigenvalue weighted by molar-refractivity contribution is 5.96. The van der Waals surface area contributed by atoms with E-state index in [0.717, 1.165) is 12.8 Å². The number of hydrogen-bond donors (Lipinski definition) is 2. The summed E-state index contributed by atoms with van der Waals surface area (Å²) in [7, 11) is 0. The number of ketones is 1. The van der Waals surface area contributed by atoms with Gasteiger partial charge in [0.25, 0.3) is 5.91 Å². The van der Waals surface area contributed by atoms with Gasteiger partial charge in [0.2, 0.25) is 11.8 Å². The molecule has 220 valence electrons. The first-order valence-corrected chi connectivity index (χ1v) is 13.5. The highest BCUT2D eigenvalue weighted by atomic mass is 16.8. The number of benzene rings is 1. The Morgan fingerprint density at radius 1 is 1.07 bits per heavy atom. The minimum Gasteiger partial charge on any atom is -0.481 e. The molecule has 1 aliphatic heterocycles. The van der Waals surface area contributed by atoms with E-state index in [0.29, 0.717) is 5.69 Å². The lowest BCUT2D eigenvalue weighted by atomic mass is 10.1. The number of ether oxygens (including phenoxy) is 2. The molecule has 1 aliphatic carbocycles. The molecular formula is C27H33N5O9. The number of piperazine rings is 1. The number of carboxylic acids is 1. The van der Waals surface area contributed by atoms with Crippen LogP contribution < -0.4 is 10.1 Å². The molecule has 1 saturated heterocycles. The van der Waals surface area contributed by atoms with Crippen molar-refractivity contribution in [2.24, 2.45) is 5.92 Å². The second-order valence-electron chi connectivity index (χ2n) is 9.63. The predicted molar refractivity (Wildman–Crippen MR) is 141 cm³/mol. The summed E-state index contributed by atoms with van der Waals surface area (Å²) in [6, 6.07) is 9.15. The molecule has 2 fully saturated rings. The Morgan fingerprint density at radius 2 is 1.78 bits per heavy atom. The van der Waals surface area contributed by atoms with E-state index in [-0.39, 0.29) is 75.5 Å². The fraction of sp³-hybridized carbons (Fsp3) is 0.481. The van der Waals surface area contributed by atoms with Crippen LogP contribution in [-0.2, 0) is 24.0 Å². The Bertz CT molecular complexity index is 1250. The monoisotopic (exact) mass is 571 g/mol. The molecule has 1 aromatic heterocycles. The number of aliphatic carboxylic acids is 1. The van der Waals surface area contributed by atoms with E-state index in [1.165, 1.54) is 20.7 Å². The zero-order valence-electron chi connectivity index (χ0n) is 22.7. The summed E-state index contributed by atoms with van der Waals surface area (Å²) in [5.74, 6) is -2.12. The van der Waals surface area contributed by atoms with Crippen molar-refractivity contribution >= 4 is 29.7 Å². The van der Waals surface area contributed by atoms with Crippen molar-refractivity contribution in [2.75, 3.05) is 39.4 Å². The summed E-state index contributed by atoms with van der Waals surface area (Å²) in [5.41, 5.74) is 0.533. The molecule has 0 bridgehead atoms. The number of carbonyl (C=O) groups excluding carboxylic acids is 4. The number of carboxylic acid groups (broad SMARTS) is 1. The van der Waals surface area contributed by atoms with E-state index < -0.39 is 30.0 Å². The van der Waals surface area contributed by atoms with Gasteiger partial charge in [-0.1, -0.05) is 18.2 Å². The third-order valence-corrected chi connectivity index (χ3v) is 6.57. The molecule has 0 spiro atoms. The lowest BCUT2D eigenvalue weighted by Gasteiger charge is -2.35. The molecule has 1 aromatic carbocycles. The van der Waals surface area contributed by atoms with Gasteiger partial charge >= 0.3 is 12.1 Å². The summed E-state index contributed by atoms with van der Waals surface area (Å²) in [4.78, 5) is 68.2. The number of para-hydroxylation sites is 1. The minimum absolute atomic E-state index is 0.00506. The lowest BCUT2D eigenvalue weighted by Crippen LogP contribution is -2.55. The first-order valence-electron chi connectivity index (χ1n) is 13.5. The van der Waals surface area contributed by atoms with E-state index in [1.807, 2.05) is 6.07 Å². The molecule has 2 aliphatic rings. The Hall–Kier alpha value is -4.46. The van der Waals surface area contributed by atoms with Crippen LogP contribution >= 0.6 is 0 Å². The Labute approximate surface area is 236 Å². The van der Waals surface area contributed by atoms with Crippen LogP contribution in [0, 0.1) is 5.92 Å². The number of nitrogens with zero attached hydrogens (tertiary/aromatic N) is 4. The molecule has 14 heteroatoms. The Balaban J connectivity index is 1.45. The highest BCUT2D eigenvalue weighted by Crippen LogP contribution is 2.30. The van der Waals surface area contributed by atoms with Crippen LogP contribution in [0.2, 0.25) is 0 Å². The molecular weight excluding hydrogens is 538 g/mol. The van der Waals surface area contributed by atoms with Gasteiger partial charge in [0.1, 0.15) is 12.6 Å². The van der Waals surface area contributed by atoms with Gasteiger partial charge in [-0.2, -0.15) is 5.10 Å². The minimum atomic E-state index is -1.14. The van der Waals surface area contributed by atoms with Gasteiger partial charge in [0.15, 0.2) is 11.5 Å². The quantitative estimate of drug-likeness (QED) is 0.333. The van der Waals surface area contributed by atoms with Gasteiger partial charge in [0.05, 0.1) is 25.4 Å². The molecule has 4 rings (SSSR count). The molecule has 1 saturated carbocycles. The topological polar surface area (TPSA) is 170 Å². The first-order chi connectivity index (χ1) is 19.7. The number of carbonyl (C=O) groups is 5. The van der Waals surface area contributed by atoms with Crippen molar-refractivity contribution < 1.29 is 43.4 Å². The van der Waals surface area contributed by atoms with Gasteiger partial charge in [-0.25, -0.2) is 9.48 Å². The molecule has 0 unspecified atom stereocenters. The van der Waals surface area contributed by atoms with Crippen molar-refractivity contribution in [3.63, 3.8) is 0 Å². The molecule has 2 amide bonds. The third-order valence-electron chi connectivity index (χ3n) is 6.57. The summed E-state index contributed by atoms with van der Waals surface area (Å²) in [6.07, 6.45) is 0.353. The zero-order valence-corrected chi connectivity index (χ0v) is 22.7. The largest absolute Gasteiger partial charge is 0.527 e. The van der Waals surface area contributed by atoms with Crippen LogP contribution in [0.25, 0.3) is 5.69 Å². The number of hydrogen-bond acceptors (Lipinski definition) is 10. The third kappa shape index (κ3) is 8.27. The maximum absolute atomic E-state index is 13.3. The number of hydroxylamine groups is 2. The number of nitrogens with one attached hydrogen (secondary N) is 1. The normalized spacial score (nSPS) is 16.0. The predicted octanol–water partition coefficient (Wildman–Crippen LogP) is 1.43. The maximum atomic E-state index is 13.3. The van der Waals surface area contributed by atoms with Crippen molar-refractivity contribution in [3.8, 4) is 11.6 Å². The molecule has 41 heavy (non-hydrogen) atoms. The van der Waals surface area contributed by atoms with Gasteiger partial charge in [-0.15, -0.1) is 5.06 Å². The smallest absolute Gasteiger partial charge is 0.481 e. The van der Waals surface area contributed by atoms with Crippen molar-refractivity contribution in [3.05, 3.63) is 42.1 Å². The summed E-state index contributed by atoms with van der Waals surface area (Å²) < 4.78 is 11.9. The zero-order chi connectivity index (χ0) is 29.4. The first kappa shape index (κ1) is 29.5. The molecule has 0 radical (unpaired) electrons. The van der Waals surface area contributed by atoms with Gasteiger partial charge < -0.3 is 29.6 Å². The van der Waals surface area contributed by atoms with Crippen LogP contribution in [0.5, 0.6) is 5.88 Å². The molecule has 2 heterocycles. The summed E-state index contributed by atoms with van der Waals surface area (Å²) >= 11 is 0. The summed E-state index contributed by atoms with van der Waals surface area (Å²) in [6.45, 7) is 2.46. The molecule has 14 nitrogen and oxygen atoms in total. The average Bonchev–Trinajstić information content (AvgIpc) is 3.73. The number of Topliss-reactive ketones (excluding diaryl/α,β-unsaturated/α-hetero) is 1. The molecule has 1 atom stereocenters. The van der Waals surface area contributed by atoms with E-state index in [9.17, 15) is 29.1 Å². The average molecular weight is 572 g/mol. The van der Waals surface area contributed by atoms with Gasteiger partial charge in [-0.3, -0.25) is 19.2 Å². The van der Waals surface area contributed by atoms with Crippen LogP contribution in [0.4, 0.5) is 4.79 Å². The maximum Gasteiger partial charge on any atom is 0.527 e. The highest BCUT2D eigenvalue weighted by Gasteiger charge is 2.32. The van der Waals surface area contributed by atoms with E-state index in [2.05, 4.69) is 10.4 Å². The second-order valence-corrected chi connectivity index (χ2v) is 9.63. The van der Waals surface area contributed by atoms with Crippen molar-refractivity contribution in [2.45, 2.75) is 38.6 Å². The van der Waals surface area contributed by atoms with E-state index >= 15 is 0 Å². The second kappa shape index (κ2) is 13.7. The Kier molecular flexibility index (Phi) is 9.90. The van der Waals surface area contributed by atoms with Crippen LogP contribution in [0.1, 0.15) is 43.1 Å². The number of rotatable bonds is 13. The van der Waals surface area contributed by atoms with Crippen LogP contribution in [-0.4, -0.2) is 100 Å². The van der Waals surface area contributed by atoms with Crippen molar-refractivity contribution in [1.29, 1.82) is 0 Å². The van der Waals surface area contributed by atoms with Crippen molar-refractivity contribution in [1.82, 2.24) is 25.1 Å². The number of aromatic nitrogens is 2. The Morgan fingerprint density at radius 3 is 2.41 bits per heavy atom. The van der Waals surface area contributed by atoms with Crippen LogP contribution in [0.15, 0.2) is 36.4 Å². The number of amides is 2. The van der Waals surface area contributed by atoms with E-state index in [1.54, 1.807) is 31.2 Å². The lowest BCUT2D eigenvalue weighted by molar-refractivity contribution is -0.157. The fourth-order valence-corrected chi connectivity index (χ4v) is 4.23. The van der Waals surface area contributed by atoms with Crippen LogP contribution in [0.3, 0.4) is 0 Å². The SMILES string of the molecule is CCOC(=O)ON1CCN(C(=O)[C@H](CCC(=O)O)NC(=O)c2cc(OCC(=O)C3CC3)n(-c3ccccc3)n2)CC1. The molecule has 2 N–H and O–H groups in total. The summed E-state index contributed by atoms with van der Waals surface area (Å²) in [5, 5.41) is 17.6. The fourth-order valence-electron chi connectivity index (χ4n) is 4.23. The van der Waals surface area contributed by atoms with E-state index in [4.69, 9.17) is 14.3 Å². The van der Waals surface area contributed by atoms with Gasteiger partial charge in [0, 0.05) is 31.5 Å². The standard InChI is InChI=1S/C27H33N5O9/c1-2-39-27(38)41-31-14-12-30(13-15-31)26(37)20(10-11-24(34)35)28-25(36)21-16-23(40-17-22(33)18-8-9-18)32(29-21)19-6-4-3-5-7-19/h3-7,16,18,20H,2,8-15,17H2,1H3,(H,28,36)(H,34,35)/t20-/m0/s1.